The molecule has 0 spiro atoms. The highest BCUT2D eigenvalue weighted by molar-refractivity contribution is 6.02. The van der Waals surface area contributed by atoms with Gasteiger partial charge in [0.1, 0.15) is 5.54 Å². The van der Waals surface area contributed by atoms with Gasteiger partial charge in [-0.25, -0.2) is 0 Å². The van der Waals surface area contributed by atoms with E-state index in [2.05, 4.69) is 0 Å². The van der Waals surface area contributed by atoms with Crippen molar-refractivity contribution in [1.82, 2.24) is 4.90 Å². The fraction of sp³-hybridized carbons (Fsp3) is 0.556. The molecule has 3 nitrogen and oxygen atoms in total. The molecule has 1 amide bonds. The van der Waals surface area contributed by atoms with Gasteiger partial charge in [-0.15, -0.1) is 0 Å². The number of carbonyl (C=O) groups excluding carboxylic acids is 2. The summed E-state index contributed by atoms with van der Waals surface area (Å²) in [6.45, 7) is 5.88. The van der Waals surface area contributed by atoms with Gasteiger partial charge in [-0.3, -0.25) is 9.59 Å². The van der Waals surface area contributed by atoms with E-state index >= 15 is 0 Å². The second-order valence-electron chi connectivity index (χ2n) is 7.38. The number of ketones is 1. The molecule has 2 bridgehead atoms. The number of hydrogen-bond donors (Lipinski definition) is 0. The summed E-state index contributed by atoms with van der Waals surface area (Å²) >= 11 is 0. The zero-order valence-electron chi connectivity index (χ0n) is 13.1. The van der Waals surface area contributed by atoms with Crippen molar-refractivity contribution in [2.24, 2.45) is 5.41 Å². The van der Waals surface area contributed by atoms with Crippen LogP contribution >= 0.6 is 0 Å². The van der Waals surface area contributed by atoms with Crippen molar-refractivity contribution >= 4 is 11.7 Å². The van der Waals surface area contributed by atoms with Crippen LogP contribution in [0.15, 0.2) is 30.3 Å². The third kappa shape index (κ3) is 2.10. The van der Waals surface area contributed by atoms with Gasteiger partial charge in [0.2, 0.25) is 0 Å². The fourth-order valence-electron chi connectivity index (χ4n) is 4.04. The van der Waals surface area contributed by atoms with E-state index in [0.717, 1.165) is 25.7 Å². The second kappa shape index (κ2) is 4.69. The van der Waals surface area contributed by atoms with E-state index in [-0.39, 0.29) is 17.7 Å². The smallest absolute Gasteiger partial charge is 0.254 e. The van der Waals surface area contributed by atoms with Crippen LogP contribution in [0.1, 0.15) is 56.8 Å². The van der Waals surface area contributed by atoms with Crippen molar-refractivity contribution in [2.45, 2.75) is 58.0 Å². The molecule has 2 aliphatic rings. The molecule has 1 aromatic rings. The lowest BCUT2D eigenvalue weighted by Gasteiger charge is -2.38. The largest absolute Gasteiger partial charge is 0.323 e. The molecule has 0 radical (unpaired) electrons. The van der Waals surface area contributed by atoms with E-state index < -0.39 is 11.0 Å². The minimum absolute atomic E-state index is 0.0215. The van der Waals surface area contributed by atoms with Crippen LogP contribution in [-0.4, -0.2) is 28.2 Å². The fourth-order valence-corrected chi connectivity index (χ4v) is 4.04. The summed E-state index contributed by atoms with van der Waals surface area (Å²) in [6.07, 6.45) is 3.57. The van der Waals surface area contributed by atoms with Crippen LogP contribution in [0.2, 0.25) is 0 Å². The SMILES string of the molecule is CC(C)(C)C(=O)C12CCC(CC1)N2C(=O)c1ccccc1. The molecule has 2 heterocycles. The number of Topliss-reactive ketones (excluding diaryl/α,β-unsaturated/α-hetero) is 1. The molecule has 3 heteroatoms. The summed E-state index contributed by atoms with van der Waals surface area (Å²) < 4.78 is 0. The molecule has 2 saturated heterocycles. The van der Waals surface area contributed by atoms with Crippen LogP contribution in [0.4, 0.5) is 0 Å². The number of carbonyl (C=O) groups is 2. The Hall–Kier alpha value is -1.64. The molecule has 0 atom stereocenters. The minimum Gasteiger partial charge on any atom is -0.323 e. The Labute approximate surface area is 126 Å². The molecule has 21 heavy (non-hydrogen) atoms. The number of nitrogens with zero attached hydrogens (tertiary/aromatic N) is 1. The molecule has 2 fully saturated rings. The Balaban J connectivity index is 1.98. The van der Waals surface area contributed by atoms with Gasteiger partial charge >= 0.3 is 0 Å². The van der Waals surface area contributed by atoms with Crippen LogP contribution < -0.4 is 0 Å². The molecule has 0 saturated carbocycles. The van der Waals surface area contributed by atoms with Gasteiger partial charge in [-0.2, -0.15) is 0 Å². The number of benzene rings is 1. The van der Waals surface area contributed by atoms with Crippen LogP contribution in [0, 0.1) is 5.41 Å². The van der Waals surface area contributed by atoms with Gasteiger partial charge in [0.25, 0.3) is 5.91 Å². The van der Waals surface area contributed by atoms with Crippen LogP contribution in [0.3, 0.4) is 0 Å². The van der Waals surface area contributed by atoms with E-state index in [0.29, 0.717) is 5.56 Å². The number of amides is 1. The molecule has 0 N–H and O–H groups in total. The lowest BCUT2D eigenvalue weighted by Crippen LogP contribution is -2.54. The third-order valence-electron chi connectivity index (χ3n) is 4.95. The molecule has 1 aromatic carbocycles. The second-order valence-corrected chi connectivity index (χ2v) is 7.38. The number of rotatable bonds is 2. The van der Waals surface area contributed by atoms with Crippen LogP contribution in [0.5, 0.6) is 0 Å². The Morgan fingerprint density at radius 2 is 1.67 bits per heavy atom. The Kier molecular flexibility index (Phi) is 3.19. The average molecular weight is 285 g/mol. The predicted octanol–water partition coefficient (Wildman–Crippen LogP) is 3.44. The molecule has 112 valence electrons. The monoisotopic (exact) mass is 285 g/mol. The standard InChI is InChI=1S/C18H23NO2/c1-17(2,3)16(21)18-11-9-14(10-12-18)19(18)15(20)13-7-5-4-6-8-13/h4-8,14H,9-12H2,1-3H3. The molecule has 0 unspecified atom stereocenters. The highest BCUT2D eigenvalue weighted by atomic mass is 16.2. The summed E-state index contributed by atoms with van der Waals surface area (Å²) in [5.41, 5.74) is -0.276. The molecular weight excluding hydrogens is 262 g/mol. The van der Waals surface area contributed by atoms with Gasteiger partial charge in [0.15, 0.2) is 5.78 Å². The number of hydrogen-bond acceptors (Lipinski definition) is 2. The topological polar surface area (TPSA) is 37.4 Å². The van der Waals surface area contributed by atoms with Crippen molar-refractivity contribution in [3.63, 3.8) is 0 Å². The average Bonchev–Trinajstić information content (AvgIpc) is 3.02. The normalized spacial score (nSPS) is 28.0. The van der Waals surface area contributed by atoms with E-state index in [4.69, 9.17) is 0 Å². The predicted molar refractivity (Wildman–Crippen MR) is 82.1 cm³/mol. The molecule has 0 aromatic heterocycles. The van der Waals surface area contributed by atoms with E-state index in [1.807, 2.05) is 56.0 Å². The van der Waals surface area contributed by atoms with Crippen molar-refractivity contribution in [2.75, 3.05) is 0 Å². The summed E-state index contributed by atoms with van der Waals surface area (Å²) in [5, 5.41) is 0. The van der Waals surface area contributed by atoms with Crippen LogP contribution in [-0.2, 0) is 4.79 Å². The number of fused-ring (bicyclic) bond motifs is 2. The molecule has 0 aliphatic carbocycles. The highest BCUT2D eigenvalue weighted by Crippen LogP contribution is 2.50. The first-order valence-corrected chi connectivity index (χ1v) is 7.80. The summed E-state index contributed by atoms with van der Waals surface area (Å²) in [5.74, 6) is 0.243. The van der Waals surface area contributed by atoms with E-state index in [1.54, 1.807) is 0 Å². The summed E-state index contributed by atoms with van der Waals surface area (Å²) in [6, 6.07) is 9.59. The van der Waals surface area contributed by atoms with E-state index in [9.17, 15) is 9.59 Å². The first kappa shape index (κ1) is 14.3. The summed E-state index contributed by atoms with van der Waals surface area (Å²) in [7, 11) is 0. The zero-order chi connectivity index (χ0) is 15.3. The van der Waals surface area contributed by atoms with Crippen molar-refractivity contribution in [1.29, 1.82) is 0 Å². The van der Waals surface area contributed by atoms with Crippen molar-refractivity contribution in [3.8, 4) is 0 Å². The maximum Gasteiger partial charge on any atom is 0.254 e. The Morgan fingerprint density at radius 3 is 2.19 bits per heavy atom. The molecule has 2 aliphatic heterocycles. The summed E-state index contributed by atoms with van der Waals surface area (Å²) in [4.78, 5) is 27.8. The zero-order valence-corrected chi connectivity index (χ0v) is 13.1. The van der Waals surface area contributed by atoms with Crippen molar-refractivity contribution < 1.29 is 9.59 Å². The quantitative estimate of drug-likeness (QED) is 0.834. The van der Waals surface area contributed by atoms with Gasteiger partial charge < -0.3 is 4.90 Å². The van der Waals surface area contributed by atoms with Gasteiger partial charge in [-0.05, 0) is 37.8 Å². The van der Waals surface area contributed by atoms with Crippen LogP contribution in [0.25, 0.3) is 0 Å². The van der Waals surface area contributed by atoms with Gasteiger partial charge in [0.05, 0.1) is 0 Å². The maximum absolute atomic E-state index is 13.0. The Morgan fingerprint density at radius 1 is 1.10 bits per heavy atom. The van der Waals surface area contributed by atoms with Gasteiger partial charge in [0, 0.05) is 17.0 Å². The minimum atomic E-state index is -0.560. The first-order valence-electron chi connectivity index (χ1n) is 7.80. The molecule has 3 rings (SSSR count). The first-order chi connectivity index (χ1) is 9.86. The Bertz CT molecular complexity index is 563. The van der Waals surface area contributed by atoms with E-state index in [1.165, 1.54) is 0 Å². The maximum atomic E-state index is 13.0. The lowest BCUT2D eigenvalue weighted by atomic mass is 9.74. The lowest BCUT2D eigenvalue weighted by molar-refractivity contribution is -0.135. The van der Waals surface area contributed by atoms with Crippen molar-refractivity contribution in [3.05, 3.63) is 35.9 Å². The molecular formula is C18H23NO2. The highest BCUT2D eigenvalue weighted by Gasteiger charge is 2.59. The third-order valence-corrected chi connectivity index (χ3v) is 4.95. The van der Waals surface area contributed by atoms with Gasteiger partial charge in [-0.1, -0.05) is 39.0 Å².